The number of rotatable bonds is 0. The summed E-state index contributed by atoms with van der Waals surface area (Å²) in [7, 11) is 0. The minimum Gasteiger partial charge on any atom is -0.371 e. The molecule has 0 radical (unpaired) electrons. The zero-order chi connectivity index (χ0) is 11.3. The number of hydrogen-bond donors (Lipinski definition) is 0. The van der Waals surface area contributed by atoms with Gasteiger partial charge in [0.1, 0.15) is 0 Å². The Morgan fingerprint density at radius 3 is 2.38 bits per heavy atom. The summed E-state index contributed by atoms with van der Waals surface area (Å²) in [5.41, 5.74) is 6.59. The average Bonchev–Trinajstić information content (AvgIpc) is 2.62. The van der Waals surface area contributed by atoms with Crippen LogP contribution in [0.5, 0.6) is 0 Å². The lowest BCUT2D eigenvalue weighted by molar-refractivity contribution is 0.588. The van der Waals surface area contributed by atoms with Crippen molar-refractivity contribution in [2.45, 2.75) is 45.4 Å². The second-order valence-electron chi connectivity index (χ2n) is 6.23. The van der Waals surface area contributed by atoms with Crippen molar-refractivity contribution in [3.8, 4) is 0 Å². The van der Waals surface area contributed by atoms with Gasteiger partial charge in [-0.25, -0.2) is 0 Å². The lowest BCUT2D eigenvalue weighted by Crippen LogP contribution is -2.26. The first-order valence-electron chi connectivity index (χ1n) is 6.47. The van der Waals surface area contributed by atoms with Crippen molar-refractivity contribution in [2.75, 3.05) is 18.0 Å². The van der Waals surface area contributed by atoms with E-state index in [1.54, 1.807) is 16.8 Å². The summed E-state index contributed by atoms with van der Waals surface area (Å²) in [6.07, 6.45) is 3.87. The fourth-order valence-electron chi connectivity index (χ4n) is 3.03. The highest BCUT2D eigenvalue weighted by Crippen LogP contribution is 2.39. The van der Waals surface area contributed by atoms with E-state index in [1.807, 2.05) is 0 Å². The largest absolute Gasteiger partial charge is 0.371 e. The Morgan fingerprint density at radius 1 is 1.00 bits per heavy atom. The van der Waals surface area contributed by atoms with Crippen LogP contribution in [0.3, 0.4) is 0 Å². The molecule has 2 heterocycles. The van der Waals surface area contributed by atoms with E-state index in [0.29, 0.717) is 0 Å². The molecule has 2 aliphatic rings. The maximum atomic E-state index is 2.58. The number of hydrogen-bond acceptors (Lipinski definition) is 1. The zero-order valence-electron chi connectivity index (χ0n) is 10.6. The molecule has 0 fully saturated rings. The van der Waals surface area contributed by atoms with E-state index >= 15 is 0 Å². The second-order valence-corrected chi connectivity index (χ2v) is 6.23. The molecule has 0 atom stereocenters. The topological polar surface area (TPSA) is 3.24 Å². The minimum absolute atomic E-state index is 0.288. The lowest BCUT2D eigenvalue weighted by Gasteiger charge is -2.29. The molecule has 0 bridgehead atoms. The molecular formula is C15H21N. The molecule has 0 aliphatic carbocycles. The van der Waals surface area contributed by atoms with Crippen LogP contribution in [0, 0.1) is 0 Å². The SMILES string of the molecule is CC(C)(C)c1cc2c3c(c1)CCN3CCC2. The molecule has 2 aliphatic heterocycles. The molecule has 0 spiro atoms. The monoisotopic (exact) mass is 215 g/mol. The summed E-state index contributed by atoms with van der Waals surface area (Å²) in [6.45, 7) is 9.47. The molecule has 0 N–H and O–H groups in total. The first-order chi connectivity index (χ1) is 7.55. The summed E-state index contributed by atoms with van der Waals surface area (Å²) >= 11 is 0. The van der Waals surface area contributed by atoms with Crippen LogP contribution < -0.4 is 4.90 Å². The summed E-state index contributed by atoms with van der Waals surface area (Å²) in [5, 5.41) is 0. The van der Waals surface area contributed by atoms with Gasteiger partial charge in [-0.15, -0.1) is 0 Å². The Morgan fingerprint density at radius 2 is 1.69 bits per heavy atom. The van der Waals surface area contributed by atoms with Gasteiger partial charge in [0.25, 0.3) is 0 Å². The van der Waals surface area contributed by atoms with Crippen LogP contribution in [0.2, 0.25) is 0 Å². The molecule has 1 aromatic carbocycles. The quantitative estimate of drug-likeness (QED) is 0.642. The van der Waals surface area contributed by atoms with Crippen LogP contribution in [-0.4, -0.2) is 13.1 Å². The van der Waals surface area contributed by atoms with Gasteiger partial charge in [-0.1, -0.05) is 32.9 Å². The Bertz CT molecular complexity index is 426. The van der Waals surface area contributed by atoms with E-state index in [0.717, 1.165) is 0 Å². The van der Waals surface area contributed by atoms with E-state index in [4.69, 9.17) is 0 Å². The maximum absolute atomic E-state index is 2.58. The van der Waals surface area contributed by atoms with Crippen molar-refractivity contribution in [1.82, 2.24) is 0 Å². The lowest BCUT2D eigenvalue weighted by atomic mass is 9.83. The van der Waals surface area contributed by atoms with Crippen molar-refractivity contribution in [1.29, 1.82) is 0 Å². The number of anilines is 1. The van der Waals surface area contributed by atoms with Crippen molar-refractivity contribution in [3.05, 3.63) is 28.8 Å². The van der Waals surface area contributed by atoms with Crippen LogP contribution >= 0.6 is 0 Å². The van der Waals surface area contributed by atoms with E-state index in [-0.39, 0.29) is 5.41 Å². The van der Waals surface area contributed by atoms with Crippen molar-refractivity contribution in [3.63, 3.8) is 0 Å². The van der Waals surface area contributed by atoms with Crippen LogP contribution in [0.4, 0.5) is 5.69 Å². The summed E-state index contributed by atoms with van der Waals surface area (Å²) in [5.74, 6) is 0. The molecule has 0 unspecified atom stereocenters. The Hall–Kier alpha value is -0.980. The van der Waals surface area contributed by atoms with Crippen molar-refractivity contribution < 1.29 is 0 Å². The third-order valence-corrected chi connectivity index (χ3v) is 3.98. The van der Waals surface area contributed by atoms with E-state index in [9.17, 15) is 0 Å². The molecule has 0 amide bonds. The van der Waals surface area contributed by atoms with Gasteiger partial charge in [0.05, 0.1) is 0 Å². The second kappa shape index (κ2) is 3.26. The third kappa shape index (κ3) is 1.45. The van der Waals surface area contributed by atoms with Crippen LogP contribution in [0.1, 0.15) is 43.9 Å². The average molecular weight is 215 g/mol. The van der Waals surface area contributed by atoms with E-state index < -0.39 is 0 Å². The number of benzene rings is 1. The molecule has 16 heavy (non-hydrogen) atoms. The highest BCUT2D eigenvalue weighted by Gasteiger charge is 2.27. The van der Waals surface area contributed by atoms with Gasteiger partial charge in [0.15, 0.2) is 0 Å². The van der Waals surface area contributed by atoms with Crippen LogP contribution in [0.25, 0.3) is 0 Å². The molecule has 3 rings (SSSR count). The van der Waals surface area contributed by atoms with E-state index in [1.165, 1.54) is 37.9 Å². The Labute approximate surface area is 98.5 Å². The van der Waals surface area contributed by atoms with Gasteiger partial charge in [-0.3, -0.25) is 0 Å². The van der Waals surface area contributed by atoms with Gasteiger partial charge in [-0.05, 0) is 41.4 Å². The van der Waals surface area contributed by atoms with Gasteiger partial charge in [0.2, 0.25) is 0 Å². The van der Waals surface area contributed by atoms with Crippen LogP contribution in [-0.2, 0) is 18.3 Å². The van der Waals surface area contributed by atoms with Crippen LogP contribution in [0.15, 0.2) is 12.1 Å². The molecule has 1 heteroatoms. The Balaban J connectivity index is 2.15. The molecular weight excluding hydrogens is 194 g/mol. The van der Waals surface area contributed by atoms with Gasteiger partial charge in [0, 0.05) is 18.8 Å². The minimum atomic E-state index is 0.288. The molecule has 1 aromatic rings. The molecule has 0 saturated carbocycles. The first kappa shape index (κ1) is 10.2. The number of aryl methyl sites for hydroxylation is 1. The predicted molar refractivity (Wildman–Crippen MR) is 69.4 cm³/mol. The standard InChI is InChI=1S/C15H21N/c1-15(2,3)13-9-11-5-4-7-16-8-6-12(10-13)14(11)16/h9-10H,4-8H2,1-3H3. The Kier molecular flexibility index (Phi) is 2.07. The van der Waals surface area contributed by atoms with Crippen molar-refractivity contribution >= 4 is 5.69 Å². The van der Waals surface area contributed by atoms with Crippen molar-refractivity contribution in [2.24, 2.45) is 0 Å². The van der Waals surface area contributed by atoms with Gasteiger partial charge < -0.3 is 4.90 Å². The fraction of sp³-hybridized carbons (Fsp3) is 0.600. The zero-order valence-corrected chi connectivity index (χ0v) is 10.6. The summed E-state index contributed by atoms with van der Waals surface area (Å²) in [6, 6.07) is 4.90. The maximum Gasteiger partial charge on any atom is 0.0432 e. The fourth-order valence-corrected chi connectivity index (χ4v) is 3.03. The third-order valence-electron chi connectivity index (χ3n) is 3.98. The van der Waals surface area contributed by atoms with Gasteiger partial charge >= 0.3 is 0 Å². The highest BCUT2D eigenvalue weighted by molar-refractivity contribution is 5.66. The molecule has 1 nitrogen and oxygen atoms in total. The summed E-state index contributed by atoms with van der Waals surface area (Å²) in [4.78, 5) is 2.58. The molecule has 0 saturated heterocycles. The smallest absolute Gasteiger partial charge is 0.0432 e. The molecule has 86 valence electrons. The summed E-state index contributed by atoms with van der Waals surface area (Å²) < 4.78 is 0. The number of nitrogens with zero attached hydrogens (tertiary/aromatic N) is 1. The predicted octanol–water partition coefficient (Wildman–Crippen LogP) is 3.29. The first-order valence-corrected chi connectivity index (χ1v) is 6.47. The van der Waals surface area contributed by atoms with Gasteiger partial charge in [-0.2, -0.15) is 0 Å². The molecule has 0 aromatic heterocycles. The van der Waals surface area contributed by atoms with E-state index in [2.05, 4.69) is 37.8 Å². The normalized spacial score (nSPS) is 18.8. The highest BCUT2D eigenvalue weighted by atomic mass is 15.2.